The average Bonchev–Trinajstić information content (AvgIpc) is 3.27. The van der Waals surface area contributed by atoms with Gasteiger partial charge in [0.25, 0.3) is 5.91 Å². The second kappa shape index (κ2) is 8.32. The fourth-order valence-corrected chi connectivity index (χ4v) is 3.00. The van der Waals surface area contributed by atoms with Gasteiger partial charge in [-0.2, -0.15) is 14.9 Å². The van der Waals surface area contributed by atoms with Gasteiger partial charge in [-0.1, -0.05) is 6.07 Å². The van der Waals surface area contributed by atoms with Crippen LogP contribution in [-0.2, 0) is 17.8 Å². The molecule has 0 saturated carbocycles. The molecule has 2 heterocycles. The largest absolute Gasteiger partial charge is 0.497 e. The van der Waals surface area contributed by atoms with E-state index in [2.05, 4.69) is 15.6 Å². The Morgan fingerprint density at radius 1 is 1.37 bits per heavy atom. The number of nitrogens with one attached hydrogen (secondary N) is 1. The summed E-state index contributed by atoms with van der Waals surface area (Å²) in [4.78, 5) is 25.1. The van der Waals surface area contributed by atoms with Crippen LogP contribution in [-0.4, -0.2) is 33.7 Å². The zero-order valence-corrected chi connectivity index (χ0v) is 15.3. The van der Waals surface area contributed by atoms with E-state index in [-0.39, 0.29) is 6.54 Å². The number of hydrogen-bond donors (Lipinski definition) is 2. The Labute approximate surface area is 158 Å². The van der Waals surface area contributed by atoms with Gasteiger partial charge in [-0.25, -0.2) is 14.9 Å². The molecule has 0 bridgehead atoms. The molecule has 3 aromatic rings. The molecule has 0 aliphatic carbocycles. The molecule has 1 aromatic carbocycles. The Morgan fingerprint density at radius 2 is 2.15 bits per heavy atom. The third-order valence-corrected chi connectivity index (χ3v) is 4.54. The van der Waals surface area contributed by atoms with E-state index in [0.717, 1.165) is 25.5 Å². The smallest absolute Gasteiger partial charge is 0.365 e. The van der Waals surface area contributed by atoms with Crippen LogP contribution in [0.15, 0.2) is 51.7 Å². The summed E-state index contributed by atoms with van der Waals surface area (Å²) in [6, 6.07) is 11.0. The number of nitrogens with zero attached hydrogens (tertiary/aromatic N) is 4. The number of methoxy groups -OCH3 is 1. The van der Waals surface area contributed by atoms with Gasteiger partial charge in [-0.15, -0.1) is 11.3 Å². The lowest BCUT2D eigenvalue weighted by atomic mass is 10.2. The molecule has 9 nitrogen and oxygen atoms in total. The van der Waals surface area contributed by atoms with Crippen molar-refractivity contribution in [2.75, 3.05) is 13.0 Å². The van der Waals surface area contributed by atoms with Crippen LogP contribution >= 0.6 is 11.3 Å². The molecule has 140 valence electrons. The Kier molecular flexibility index (Phi) is 5.67. The number of nitrogens with two attached hydrogens (primary N) is 1. The molecule has 0 fully saturated rings. The molecular weight excluding hydrogens is 368 g/mol. The van der Waals surface area contributed by atoms with E-state index in [1.165, 1.54) is 6.21 Å². The number of nitrogen functional groups attached to an aromatic ring is 1. The summed E-state index contributed by atoms with van der Waals surface area (Å²) in [6.07, 6.45) is 1.91. The van der Waals surface area contributed by atoms with Crippen molar-refractivity contribution in [3.05, 3.63) is 68.5 Å². The van der Waals surface area contributed by atoms with Crippen LogP contribution in [0.2, 0.25) is 0 Å². The minimum absolute atomic E-state index is 0.277. The molecule has 0 radical (unpaired) electrons. The number of hydrazone groups is 1. The fourth-order valence-electron chi connectivity index (χ4n) is 2.30. The molecule has 0 atom stereocenters. The van der Waals surface area contributed by atoms with Gasteiger partial charge in [-0.3, -0.25) is 4.79 Å². The molecule has 0 aliphatic heterocycles. The van der Waals surface area contributed by atoms with Gasteiger partial charge in [0.15, 0.2) is 5.82 Å². The fraction of sp³-hybridized carbons (Fsp3) is 0.176. The normalized spacial score (nSPS) is 11.0. The maximum atomic E-state index is 12.1. The summed E-state index contributed by atoms with van der Waals surface area (Å²) < 4.78 is 7.04. The number of carbonyl (C=O) groups excluding carboxylic acids is 1. The highest BCUT2D eigenvalue weighted by Crippen LogP contribution is 2.12. The number of amides is 1. The Balaban J connectivity index is 1.60. The van der Waals surface area contributed by atoms with Crippen LogP contribution in [0.3, 0.4) is 0 Å². The number of carbonyl (C=O) groups is 1. The first-order valence-corrected chi connectivity index (χ1v) is 8.87. The molecule has 3 rings (SSSR count). The molecule has 1 amide bonds. The van der Waals surface area contributed by atoms with Crippen LogP contribution in [0.1, 0.15) is 16.3 Å². The standard InChI is InChI=1S/C17H18N6O3S/c1-26-13-6-4-12(5-7-13)10-19-20-16(24)11-22-17(25)23(18)15(21-22)9-14-3-2-8-27-14/h2-8,10H,9,11,18H2,1H3,(H,20,24)/b19-10+. The topological polar surface area (TPSA) is 117 Å². The highest BCUT2D eigenvalue weighted by molar-refractivity contribution is 7.09. The van der Waals surface area contributed by atoms with E-state index in [9.17, 15) is 9.59 Å². The number of ether oxygens (including phenoxy) is 1. The van der Waals surface area contributed by atoms with Crippen LogP contribution in [0.4, 0.5) is 0 Å². The summed E-state index contributed by atoms with van der Waals surface area (Å²) in [5.74, 6) is 6.38. The number of thiophene rings is 1. The molecule has 0 spiro atoms. The number of benzene rings is 1. The van der Waals surface area contributed by atoms with E-state index in [1.807, 2.05) is 17.5 Å². The molecule has 0 saturated heterocycles. The average molecular weight is 386 g/mol. The van der Waals surface area contributed by atoms with Crippen molar-refractivity contribution in [2.24, 2.45) is 5.10 Å². The van der Waals surface area contributed by atoms with Gasteiger partial charge in [0.2, 0.25) is 0 Å². The van der Waals surface area contributed by atoms with Crippen molar-refractivity contribution >= 4 is 23.5 Å². The SMILES string of the molecule is COc1ccc(/C=N/NC(=O)Cn2nc(Cc3cccs3)n(N)c2=O)cc1. The van der Waals surface area contributed by atoms with E-state index in [0.29, 0.717) is 12.2 Å². The molecule has 10 heteroatoms. The zero-order valence-electron chi connectivity index (χ0n) is 14.5. The summed E-state index contributed by atoms with van der Waals surface area (Å²) in [5.41, 5.74) is 2.59. The molecule has 2 aromatic heterocycles. The van der Waals surface area contributed by atoms with Gasteiger partial charge in [0.05, 0.1) is 13.3 Å². The van der Waals surface area contributed by atoms with Crippen LogP contribution in [0.25, 0.3) is 0 Å². The zero-order chi connectivity index (χ0) is 19.2. The number of hydrogen-bond acceptors (Lipinski definition) is 7. The maximum absolute atomic E-state index is 12.1. The lowest BCUT2D eigenvalue weighted by molar-refractivity contribution is -0.121. The van der Waals surface area contributed by atoms with Crippen molar-refractivity contribution in [3.8, 4) is 5.75 Å². The molecule has 3 N–H and O–H groups in total. The van der Waals surface area contributed by atoms with Gasteiger partial charge in [-0.05, 0) is 41.3 Å². The first-order chi connectivity index (χ1) is 13.1. The summed E-state index contributed by atoms with van der Waals surface area (Å²) in [6.45, 7) is -0.277. The Hall–Kier alpha value is -3.40. The Morgan fingerprint density at radius 3 is 2.81 bits per heavy atom. The molecule has 0 aliphatic rings. The minimum Gasteiger partial charge on any atom is -0.497 e. The summed E-state index contributed by atoms with van der Waals surface area (Å²) in [7, 11) is 1.58. The third-order valence-electron chi connectivity index (χ3n) is 3.67. The first-order valence-electron chi connectivity index (χ1n) is 7.99. The number of rotatable bonds is 7. The summed E-state index contributed by atoms with van der Waals surface area (Å²) in [5, 5.41) is 9.93. The first kappa shape index (κ1) is 18.4. The van der Waals surface area contributed by atoms with Gasteiger partial charge in [0.1, 0.15) is 12.3 Å². The molecule has 27 heavy (non-hydrogen) atoms. The molecule has 0 unspecified atom stereocenters. The maximum Gasteiger partial charge on any atom is 0.365 e. The summed E-state index contributed by atoms with van der Waals surface area (Å²) >= 11 is 1.54. The van der Waals surface area contributed by atoms with Crippen molar-refractivity contribution in [1.29, 1.82) is 0 Å². The second-order valence-electron chi connectivity index (χ2n) is 5.55. The lowest BCUT2D eigenvalue weighted by Gasteiger charge is -2.00. The predicted octanol–water partition coefficient (Wildman–Crippen LogP) is 0.570. The third kappa shape index (κ3) is 4.61. The predicted molar refractivity (Wildman–Crippen MR) is 102 cm³/mol. The van der Waals surface area contributed by atoms with Crippen LogP contribution in [0, 0.1) is 0 Å². The van der Waals surface area contributed by atoms with E-state index in [1.54, 1.807) is 42.7 Å². The van der Waals surface area contributed by atoms with Crippen molar-refractivity contribution in [2.45, 2.75) is 13.0 Å². The Bertz CT molecular complexity index is 989. The highest BCUT2D eigenvalue weighted by atomic mass is 32.1. The van der Waals surface area contributed by atoms with E-state index >= 15 is 0 Å². The highest BCUT2D eigenvalue weighted by Gasteiger charge is 2.14. The second-order valence-corrected chi connectivity index (χ2v) is 6.58. The monoisotopic (exact) mass is 386 g/mol. The van der Waals surface area contributed by atoms with E-state index < -0.39 is 11.6 Å². The molecular formula is C17H18N6O3S. The van der Waals surface area contributed by atoms with Crippen LogP contribution in [0.5, 0.6) is 5.75 Å². The van der Waals surface area contributed by atoms with E-state index in [4.69, 9.17) is 10.6 Å². The minimum atomic E-state index is -0.559. The van der Waals surface area contributed by atoms with Gasteiger partial charge < -0.3 is 10.6 Å². The van der Waals surface area contributed by atoms with Gasteiger partial charge >= 0.3 is 5.69 Å². The van der Waals surface area contributed by atoms with Crippen molar-refractivity contribution in [1.82, 2.24) is 19.9 Å². The lowest BCUT2D eigenvalue weighted by Crippen LogP contribution is -2.34. The van der Waals surface area contributed by atoms with Crippen LogP contribution < -0.4 is 21.7 Å². The van der Waals surface area contributed by atoms with Crippen molar-refractivity contribution in [3.63, 3.8) is 0 Å². The quantitative estimate of drug-likeness (QED) is 0.350. The number of aromatic nitrogens is 3. The van der Waals surface area contributed by atoms with Crippen molar-refractivity contribution < 1.29 is 9.53 Å². The van der Waals surface area contributed by atoms with Gasteiger partial charge in [0, 0.05) is 11.3 Å².